The van der Waals surface area contributed by atoms with E-state index in [0.717, 1.165) is 5.56 Å². The molecule has 1 aromatic heterocycles. The molecule has 0 N–H and O–H groups in total. The Hall–Kier alpha value is -2.19. The van der Waals surface area contributed by atoms with Crippen molar-refractivity contribution in [3.8, 4) is 0 Å². The summed E-state index contributed by atoms with van der Waals surface area (Å²) in [6.07, 6.45) is 2.87. The van der Waals surface area contributed by atoms with Crippen molar-refractivity contribution in [2.24, 2.45) is 7.05 Å². The van der Waals surface area contributed by atoms with Crippen molar-refractivity contribution in [3.63, 3.8) is 0 Å². The molecule has 1 amide bonds. The topological polar surface area (TPSA) is 75.5 Å². The maximum atomic E-state index is 13.1. The third kappa shape index (κ3) is 4.12. The third-order valence-electron chi connectivity index (χ3n) is 5.37. The molecular weight excluding hydrogens is 376 g/mol. The first-order chi connectivity index (χ1) is 13.3. The molecule has 1 fully saturated rings. The minimum Gasteiger partial charge on any atom is -0.341 e. The minimum absolute atomic E-state index is 0.0710. The molecule has 1 saturated heterocycles. The van der Waals surface area contributed by atoms with Crippen LogP contribution in [-0.2, 0) is 21.9 Å². The van der Waals surface area contributed by atoms with Gasteiger partial charge in [-0.25, -0.2) is 13.4 Å². The quantitative estimate of drug-likeness (QED) is 0.765. The van der Waals surface area contributed by atoms with E-state index in [1.54, 1.807) is 29.6 Å². The van der Waals surface area contributed by atoms with Crippen LogP contribution in [0.4, 0.5) is 0 Å². The molecule has 8 heteroatoms. The van der Waals surface area contributed by atoms with Gasteiger partial charge in [0.2, 0.25) is 5.91 Å². The van der Waals surface area contributed by atoms with Crippen molar-refractivity contribution in [2.75, 3.05) is 26.2 Å². The van der Waals surface area contributed by atoms with Gasteiger partial charge in [-0.05, 0) is 25.3 Å². The molecular formula is C20H28N4O3S. The molecule has 1 atom stereocenters. The first kappa shape index (κ1) is 20.5. The van der Waals surface area contributed by atoms with Gasteiger partial charge in [0, 0.05) is 39.4 Å². The van der Waals surface area contributed by atoms with E-state index in [1.807, 2.05) is 37.3 Å². The highest BCUT2D eigenvalue weighted by Gasteiger charge is 2.32. The van der Waals surface area contributed by atoms with Gasteiger partial charge in [-0.2, -0.15) is 4.31 Å². The number of aryl methyl sites for hydroxylation is 2. The lowest BCUT2D eigenvalue weighted by atomic mass is 9.95. The average molecular weight is 405 g/mol. The number of sulfonamides is 1. The van der Waals surface area contributed by atoms with E-state index in [-0.39, 0.29) is 23.4 Å². The molecule has 28 heavy (non-hydrogen) atoms. The van der Waals surface area contributed by atoms with E-state index in [0.29, 0.717) is 38.3 Å². The van der Waals surface area contributed by atoms with E-state index >= 15 is 0 Å². The standard InChI is InChI=1S/C20H28N4O3S/c1-4-18(17-9-6-5-7-10-17)20(25)23-11-8-12-24(14-13-23)28(26,27)19-15-22(3)16(2)21-19/h5-7,9-10,15,18H,4,8,11-14H2,1-3H3. The fraction of sp³-hybridized carbons (Fsp3) is 0.500. The van der Waals surface area contributed by atoms with Crippen molar-refractivity contribution >= 4 is 15.9 Å². The number of amides is 1. The summed E-state index contributed by atoms with van der Waals surface area (Å²) in [5.41, 5.74) is 1.01. The summed E-state index contributed by atoms with van der Waals surface area (Å²) in [5.74, 6) is 0.531. The molecule has 1 unspecified atom stereocenters. The highest BCUT2D eigenvalue weighted by Crippen LogP contribution is 2.24. The van der Waals surface area contributed by atoms with Gasteiger partial charge < -0.3 is 9.47 Å². The monoisotopic (exact) mass is 404 g/mol. The number of carbonyl (C=O) groups is 1. The molecule has 0 saturated carbocycles. The zero-order valence-corrected chi connectivity index (χ0v) is 17.5. The van der Waals surface area contributed by atoms with E-state index in [4.69, 9.17) is 0 Å². The number of aromatic nitrogens is 2. The maximum absolute atomic E-state index is 13.1. The Morgan fingerprint density at radius 1 is 1.14 bits per heavy atom. The molecule has 3 rings (SSSR count). The van der Waals surface area contributed by atoms with Crippen molar-refractivity contribution in [1.82, 2.24) is 18.8 Å². The normalized spacial score (nSPS) is 17.3. The van der Waals surface area contributed by atoms with Crippen LogP contribution in [0.2, 0.25) is 0 Å². The molecule has 2 aromatic rings. The fourth-order valence-electron chi connectivity index (χ4n) is 3.60. The summed E-state index contributed by atoms with van der Waals surface area (Å²) >= 11 is 0. The summed E-state index contributed by atoms with van der Waals surface area (Å²) in [7, 11) is -1.87. The molecule has 0 bridgehead atoms. The predicted octanol–water partition coefficient (Wildman–Crippen LogP) is 2.15. The molecule has 7 nitrogen and oxygen atoms in total. The summed E-state index contributed by atoms with van der Waals surface area (Å²) in [5, 5.41) is 0.0722. The van der Waals surface area contributed by atoms with Crippen LogP contribution in [0.25, 0.3) is 0 Å². The highest BCUT2D eigenvalue weighted by atomic mass is 32.2. The zero-order valence-electron chi connectivity index (χ0n) is 16.7. The van der Waals surface area contributed by atoms with E-state index < -0.39 is 10.0 Å². The van der Waals surface area contributed by atoms with Gasteiger partial charge in [-0.15, -0.1) is 0 Å². The molecule has 2 heterocycles. The van der Waals surface area contributed by atoms with Crippen molar-refractivity contribution < 1.29 is 13.2 Å². The Labute approximate surface area is 167 Å². The lowest BCUT2D eigenvalue weighted by molar-refractivity contribution is -0.132. The number of imidazole rings is 1. The van der Waals surface area contributed by atoms with E-state index in [2.05, 4.69) is 4.98 Å². The SMILES string of the molecule is CCC(C(=O)N1CCCN(S(=O)(=O)c2cn(C)c(C)n2)CC1)c1ccccc1. The van der Waals surface area contributed by atoms with Gasteiger partial charge in [0.05, 0.1) is 5.92 Å². The summed E-state index contributed by atoms with van der Waals surface area (Å²) < 4.78 is 29.0. The predicted molar refractivity (Wildman–Crippen MR) is 107 cm³/mol. The van der Waals surface area contributed by atoms with Gasteiger partial charge in [-0.1, -0.05) is 37.3 Å². The first-order valence-electron chi connectivity index (χ1n) is 9.68. The number of nitrogens with zero attached hydrogens (tertiary/aromatic N) is 4. The summed E-state index contributed by atoms with van der Waals surface area (Å²) in [4.78, 5) is 19.1. The molecule has 1 aromatic carbocycles. The second-order valence-corrected chi connectivity index (χ2v) is 9.08. The van der Waals surface area contributed by atoms with Gasteiger partial charge >= 0.3 is 0 Å². The van der Waals surface area contributed by atoms with Gasteiger partial charge in [-0.3, -0.25) is 4.79 Å². The molecule has 1 aliphatic heterocycles. The lowest BCUT2D eigenvalue weighted by Gasteiger charge is -2.26. The Kier molecular flexibility index (Phi) is 6.20. The maximum Gasteiger partial charge on any atom is 0.262 e. The minimum atomic E-state index is -3.65. The average Bonchev–Trinajstić information content (AvgIpc) is 2.88. The fourth-order valence-corrected chi connectivity index (χ4v) is 5.09. The van der Waals surface area contributed by atoms with Crippen LogP contribution >= 0.6 is 0 Å². The Morgan fingerprint density at radius 3 is 2.46 bits per heavy atom. The number of hydrogen-bond donors (Lipinski definition) is 0. The van der Waals surface area contributed by atoms with Crippen LogP contribution in [0.5, 0.6) is 0 Å². The zero-order chi connectivity index (χ0) is 20.3. The number of carbonyl (C=O) groups excluding carboxylic acids is 1. The van der Waals surface area contributed by atoms with Crippen molar-refractivity contribution in [1.29, 1.82) is 0 Å². The van der Waals surface area contributed by atoms with E-state index in [9.17, 15) is 13.2 Å². The van der Waals surface area contributed by atoms with E-state index in [1.165, 1.54) is 4.31 Å². The molecule has 0 spiro atoms. The molecule has 0 aliphatic carbocycles. The molecule has 1 aliphatic rings. The number of benzene rings is 1. The second-order valence-electron chi connectivity index (χ2n) is 7.19. The largest absolute Gasteiger partial charge is 0.341 e. The smallest absolute Gasteiger partial charge is 0.262 e. The highest BCUT2D eigenvalue weighted by molar-refractivity contribution is 7.89. The first-order valence-corrected chi connectivity index (χ1v) is 11.1. The Morgan fingerprint density at radius 2 is 1.86 bits per heavy atom. The van der Waals surface area contributed by atoms with Crippen LogP contribution in [0.15, 0.2) is 41.6 Å². The van der Waals surface area contributed by atoms with Gasteiger partial charge in [0.25, 0.3) is 10.0 Å². The van der Waals surface area contributed by atoms with Gasteiger partial charge in [0.15, 0.2) is 5.03 Å². The lowest BCUT2D eigenvalue weighted by Crippen LogP contribution is -2.39. The number of hydrogen-bond acceptors (Lipinski definition) is 4. The second kappa shape index (κ2) is 8.45. The van der Waals surface area contributed by atoms with Crippen LogP contribution in [0.1, 0.15) is 37.1 Å². The van der Waals surface area contributed by atoms with Crippen molar-refractivity contribution in [2.45, 2.75) is 37.6 Å². The van der Waals surface area contributed by atoms with Crippen LogP contribution in [0, 0.1) is 6.92 Å². The third-order valence-corrected chi connectivity index (χ3v) is 7.14. The van der Waals surface area contributed by atoms with Crippen molar-refractivity contribution in [3.05, 3.63) is 47.9 Å². The molecule has 152 valence electrons. The number of rotatable bonds is 5. The van der Waals surface area contributed by atoms with Crippen LogP contribution in [0.3, 0.4) is 0 Å². The van der Waals surface area contributed by atoms with Crippen LogP contribution < -0.4 is 0 Å². The molecule has 0 radical (unpaired) electrons. The Balaban J connectivity index is 1.73. The summed E-state index contributed by atoms with van der Waals surface area (Å²) in [6, 6.07) is 9.77. The van der Waals surface area contributed by atoms with Crippen LogP contribution in [-0.4, -0.2) is 59.3 Å². The Bertz CT molecular complexity index is 905. The summed E-state index contributed by atoms with van der Waals surface area (Å²) in [6.45, 7) is 5.42. The van der Waals surface area contributed by atoms with Gasteiger partial charge in [0.1, 0.15) is 5.82 Å².